The van der Waals surface area contributed by atoms with Gasteiger partial charge in [-0.05, 0) is 21.0 Å². The largest absolute Gasteiger partial charge is 0.388 e. The average Bonchev–Trinajstić information content (AvgIpc) is 1.95. The SMILES string of the molecule is C#CCCNCC(C)(O)CN(C)C. The molecule has 0 spiro atoms. The van der Waals surface area contributed by atoms with Crippen molar-refractivity contribution in [2.75, 3.05) is 33.7 Å². The van der Waals surface area contributed by atoms with E-state index in [-0.39, 0.29) is 0 Å². The summed E-state index contributed by atoms with van der Waals surface area (Å²) in [6, 6.07) is 0. The maximum atomic E-state index is 9.83. The number of terminal acetylenes is 1. The number of likely N-dealkylation sites (N-methyl/N-ethyl adjacent to an activating group) is 1. The zero-order valence-corrected chi connectivity index (χ0v) is 8.80. The van der Waals surface area contributed by atoms with Crippen molar-refractivity contribution in [3.8, 4) is 12.3 Å². The smallest absolute Gasteiger partial charge is 0.0869 e. The molecule has 0 aliphatic carbocycles. The molecule has 0 radical (unpaired) electrons. The number of hydrogen-bond acceptors (Lipinski definition) is 3. The molecular formula is C10H20N2O. The quantitative estimate of drug-likeness (QED) is 0.447. The Bertz CT molecular complexity index is 170. The van der Waals surface area contributed by atoms with Crippen LogP contribution in [0.3, 0.4) is 0 Å². The number of nitrogens with zero attached hydrogens (tertiary/aromatic N) is 1. The van der Waals surface area contributed by atoms with Gasteiger partial charge in [-0.25, -0.2) is 0 Å². The van der Waals surface area contributed by atoms with Crippen LogP contribution in [0.1, 0.15) is 13.3 Å². The van der Waals surface area contributed by atoms with Gasteiger partial charge >= 0.3 is 0 Å². The second-order valence-corrected chi connectivity index (χ2v) is 3.87. The summed E-state index contributed by atoms with van der Waals surface area (Å²) in [4.78, 5) is 1.96. The summed E-state index contributed by atoms with van der Waals surface area (Å²) in [5.74, 6) is 2.54. The molecule has 0 aromatic rings. The minimum atomic E-state index is -0.682. The maximum absolute atomic E-state index is 9.83. The van der Waals surface area contributed by atoms with Crippen molar-refractivity contribution in [3.63, 3.8) is 0 Å². The summed E-state index contributed by atoms with van der Waals surface area (Å²) in [6.45, 7) is 3.80. The number of aliphatic hydroxyl groups is 1. The molecule has 2 N–H and O–H groups in total. The Balaban J connectivity index is 3.58. The molecule has 1 unspecified atom stereocenters. The summed E-state index contributed by atoms with van der Waals surface area (Å²) in [7, 11) is 3.88. The van der Waals surface area contributed by atoms with Crippen molar-refractivity contribution < 1.29 is 5.11 Å². The molecule has 0 aliphatic heterocycles. The van der Waals surface area contributed by atoms with Gasteiger partial charge in [-0.2, -0.15) is 0 Å². The van der Waals surface area contributed by atoms with E-state index in [1.807, 2.05) is 25.9 Å². The van der Waals surface area contributed by atoms with Gasteiger partial charge in [0.15, 0.2) is 0 Å². The molecule has 0 bridgehead atoms. The van der Waals surface area contributed by atoms with Crippen LogP contribution in [0, 0.1) is 12.3 Å². The fraction of sp³-hybridized carbons (Fsp3) is 0.800. The van der Waals surface area contributed by atoms with E-state index in [1.54, 1.807) is 0 Å². The normalized spacial score (nSPS) is 15.4. The van der Waals surface area contributed by atoms with Crippen LogP contribution >= 0.6 is 0 Å². The molecule has 0 fully saturated rings. The molecule has 0 saturated carbocycles. The van der Waals surface area contributed by atoms with Gasteiger partial charge in [0.1, 0.15) is 0 Å². The van der Waals surface area contributed by atoms with Crippen LogP contribution in [-0.4, -0.2) is 49.3 Å². The highest BCUT2D eigenvalue weighted by atomic mass is 16.3. The standard InChI is InChI=1S/C10H20N2O/c1-5-6-7-11-8-10(2,13)9-12(3)4/h1,11,13H,6-9H2,2-4H3. The predicted octanol–water partition coefficient (Wildman–Crippen LogP) is -0.0881. The van der Waals surface area contributed by atoms with E-state index in [2.05, 4.69) is 11.2 Å². The Morgan fingerprint density at radius 1 is 1.54 bits per heavy atom. The van der Waals surface area contributed by atoms with Gasteiger partial charge in [-0.3, -0.25) is 0 Å². The fourth-order valence-electron chi connectivity index (χ4n) is 1.26. The third-order valence-electron chi connectivity index (χ3n) is 1.61. The van der Waals surface area contributed by atoms with Crippen LogP contribution in [-0.2, 0) is 0 Å². The number of hydrogen-bond donors (Lipinski definition) is 2. The second-order valence-electron chi connectivity index (χ2n) is 3.87. The molecule has 1 atom stereocenters. The van der Waals surface area contributed by atoms with Crippen molar-refractivity contribution in [2.45, 2.75) is 18.9 Å². The molecule has 0 aromatic heterocycles. The average molecular weight is 184 g/mol. The predicted molar refractivity (Wildman–Crippen MR) is 55.5 cm³/mol. The summed E-state index contributed by atoms with van der Waals surface area (Å²) >= 11 is 0. The first-order chi connectivity index (χ1) is 5.98. The zero-order chi connectivity index (χ0) is 10.3. The molecule has 76 valence electrons. The molecule has 3 heteroatoms. The molecule has 0 rings (SSSR count). The van der Waals surface area contributed by atoms with Crippen molar-refractivity contribution in [1.82, 2.24) is 10.2 Å². The lowest BCUT2D eigenvalue weighted by Crippen LogP contribution is -2.45. The lowest BCUT2D eigenvalue weighted by Gasteiger charge is -2.27. The summed E-state index contributed by atoms with van der Waals surface area (Å²) in [6.07, 6.45) is 5.80. The molecule has 0 saturated heterocycles. The van der Waals surface area contributed by atoms with Gasteiger partial charge in [-0.15, -0.1) is 12.3 Å². The maximum Gasteiger partial charge on any atom is 0.0869 e. The Morgan fingerprint density at radius 3 is 2.62 bits per heavy atom. The summed E-state index contributed by atoms with van der Waals surface area (Å²) in [5.41, 5.74) is -0.682. The Labute approximate surface area is 81.1 Å². The van der Waals surface area contributed by atoms with Crippen molar-refractivity contribution >= 4 is 0 Å². The lowest BCUT2D eigenvalue weighted by molar-refractivity contribution is 0.0342. The molecule has 0 aliphatic rings. The van der Waals surface area contributed by atoms with E-state index in [1.165, 1.54) is 0 Å². The van der Waals surface area contributed by atoms with Gasteiger partial charge in [0.25, 0.3) is 0 Å². The fourth-order valence-corrected chi connectivity index (χ4v) is 1.26. The highest BCUT2D eigenvalue weighted by Gasteiger charge is 2.19. The third-order valence-corrected chi connectivity index (χ3v) is 1.61. The minimum absolute atomic E-state index is 0.576. The van der Waals surface area contributed by atoms with E-state index >= 15 is 0 Å². The van der Waals surface area contributed by atoms with Crippen molar-refractivity contribution in [1.29, 1.82) is 0 Å². The van der Waals surface area contributed by atoms with Crippen LogP contribution in [0.5, 0.6) is 0 Å². The molecule has 13 heavy (non-hydrogen) atoms. The second kappa shape index (κ2) is 5.98. The van der Waals surface area contributed by atoms with E-state index in [4.69, 9.17) is 6.42 Å². The highest BCUT2D eigenvalue weighted by Crippen LogP contribution is 2.01. The Kier molecular flexibility index (Phi) is 5.72. The third kappa shape index (κ3) is 7.79. The number of nitrogens with one attached hydrogen (secondary N) is 1. The van der Waals surface area contributed by atoms with Gasteiger partial charge in [0.05, 0.1) is 5.60 Å². The topological polar surface area (TPSA) is 35.5 Å². The van der Waals surface area contributed by atoms with Gasteiger partial charge in [0, 0.05) is 26.1 Å². The van der Waals surface area contributed by atoms with E-state index in [0.717, 1.165) is 6.54 Å². The first-order valence-electron chi connectivity index (χ1n) is 4.49. The highest BCUT2D eigenvalue weighted by molar-refractivity contribution is 4.85. The first-order valence-corrected chi connectivity index (χ1v) is 4.49. The first kappa shape index (κ1) is 12.4. The summed E-state index contributed by atoms with van der Waals surface area (Å²) in [5, 5.41) is 12.9. The van der Waals surface area contributed by atoms with Crippen LogP contribution in [0.2, 0.25) is 0 Å². The van der Waals surface area contributed by atoms with Gasteiger partial charge < -0.3 is 15.3 Å². The van der Waals surface area contributed by atoms with E-state index in [9.17, 15) is 5.11 Å². The number of rotatable bonds is 6. The molecular weight excluding hydrogens is 164 g/mol. The van der Waals surface area contributed by atoms with Crippen LogP contribution < -0.4 is 5.32 Å². The minimum Gasteiger partial charge on any atom is -0.388 e. The molecule has 0 amide bonds. The Hall–Kier alpha value is -0.560. The molecule has 0 heterocycles. The van der Waals surface area contributed by atoms with E-state index < -0.39 is 5.60 Å². The monoisotopic (exact) mass is 184 g/mol. The molecule has 0 aromatic carbocycles. The molecule has 3 nitrogen and oxygen atoms in total. The van der Waals surface area contributed by atoms with Crippen LogP contribution in [0.4, 0.5) is 0 Å². The van der Waals surface area contributed by atoms with Gasteiger partial charge in [0.2, 0.25) is 0 Å². The van der Waals surface area contributed by atoms with Crippen molar-refractivity contribution in [3.05, 3.63) is 0 Å². The van der Waals surface area contributed by atoms with Gasteiger partial charge in [-0.1, -0.05) is 0 Å². The zero-order valence-electron chi connectivity index (χ0n) is 8.80. The summed E-state index contributed by atoms with van der Waals surface area (Å²) < 4.78 is 0. The van der Waals surface area contributed by atoms with Crippen LogP contribution in [0.25, 0.3) is 0 Å². The van der Waals surface area contributed by atoms with Crippen LogP contribution in [0.15, 0.2) is 0 Å². The Morgan fingerprint density at radius 2 is 2.15 bits per heavy atom. The van der Waals surface area contributed by atoms with E-state index in [0.29, 0.717) is 19.5 Å². The van der Waals surface area contributed by atoms with Crippen molar-refractivity contribution in [2.24, 2.45) is 0 Å². The lowest BCUT2D eigenvalue weighted by atomic mass is 10.1.